The maximum atomic E-state index is 13.4. The molecule has 2 amide bonds. The summed E-state index contributed by atoms with van der Waals surface area (Å²) in [5.41, 5.74) is 1.95. The molecule has 1 aromatic carbocycles. The minimum Gasteiger partial charge on any atom is -0.497 e. The van der Waals surface area contributed by atoms with Crippen molar-refractivity contribution < 1.29 is 24.2 Å². The van der Waals surface area contributed by atoms with E-state index in [9.17, 15) is 14.7 Å². The van der Waals surface area contributed by atoms with Crippen LogP contribution in [-0.2, 0) is 16.6 Å². The van der Waals surface area contributed by atoms with Gasteiger partial charge in [-0.05, 0) is 88.0 Å². The first kappa shape index (κ1) is 21.1. The Morgan fingerprint density at radius 1 is 1.18 bits per heavy atom. The fourth-order valence-corrected chi connectivity index (χ4v) is 8.88. The first-order valence-corrected chi connectivity index (χ1v) is 12.3. The van der Waals surface area contributed by atoms with Gasteiger partial charge in [-0.2, -0.15) is 0 Å². The Balaban J connectivity index is 1.51. The molecular weight excluding hydrogens is 420 g/mol. The van der Waals surface area contributed by atoms with E-state index in [1.165, 1.54) is 11.1 Å². The number of methoxy groups -OCH3 is 1. The van der Waals surface area contributed by atoms with Gasteiger partial charge in [-0.15, -0.1) is 0 Å². The zero-order valence-electron chi connectivity index (χ0n) is 20.0. The van der Waals surface area contributed by atoms with Crippen LogP contribution in [0.5, 0.6) is 5.75 Å². The quantitative estimate of drug-likeness (QED) is 0.685. The molecule has 3 aliphatic carbocycles. The third-order valence-corrected chi connectivity index (χ3v) is 9.57. The van der Waals surface area contributed by atoms with Gasteiger partial charge in [0.2, 0.25) is 0 Å². The topological polar surface area (TPSA) is 79.3 Å². The number of hydrogen-bond acceptors (Lipinski definition) is 4. The molecule has 4 fully saturated rings. The summed E-state index contributed by atoms with van der Waals surface area (Å²) in [5.74, 6) is 1.50. The summed E-state index contributed by atoms with van der Waals surface area (Å²) in [6.07, 6.45) is 3.50. The van der Waals surface area contributed by atoms with Crippen molar-refractivity contribution in [2.45, 2.75) is 76.0 Å². The van der Waals surface area contributed by atoms with E-state index in [0.29, 0.717) is 24.9 Å². The van der Waals surface area contributed by atoms with E-state index < -0.39 is 11.7 Å². The van der Waals surface area contributed by atoms with Crippen LogP contribution in [0.4, 0.5) is 9.59 Å². The summed E-state index contributed by atoms with van der Waals surface area (Å²) < 4.78 is 11.5. The normalized spacial score (nSPS) is 37.9. The van der Waals surface area contributed by atoms with Crippen molar-refractivity contribution in [3.8, 4) is 5.75 Å². The van der Waals surface area contributed by atoms with Crippen LogP contribution < -0.4 is 4.74 Å². The number of benzene rings is 1. The molecule has 2 saturated heterocycles. The molecule has 2 heterocycles. The summed E-state index contributed by atoms with van der Waals surface area (Å²) in [4.78, 5) is 29.2. The van der Waals surface area contributed by atoms with Crippen molar-refractivity contribution in [3.05, 3.63) is 29.3 Å². The summed E-state index contributed by atoms with van der Waals surface area (Å²) in [6, 6.07) is 6.56. The number of fused-ring (bicyclic) bond motifs is 1. The Bertz CT molecular complexity index is 1030. The van der Waals surface area contributed by atoms with E-state index in [0.717, 1.165) is 37.9 Å². The van der Waals surface area contributed by atoms with E-state index in [1.54, 1.807) is 12.0 Å². The van der Waals surface area contributed by atoms with Gasteiger partial charge in [0.05, 0.1) is 7.11 Å². The maximum Gasteiger partial charge on any atom is 0.410 e. The van der Waals surface area contributed by atoms with Crippen molar-refractivity contribution in [2.24, 2.45) is 17.3 Å². The van der Waals surface area contributed by atoms with Crippen molar-refractivity contribution in [1.82, 2.24) is 9.80 Å². The highest BCUT2D eigenvalue weighted by atomic mass is 16.6. The van der Waals surface area contributed by atoms with Gasteiger partial charge in [-0.1, -0.05) is 6.07 Å². The van der Waals surface area contributed by atoms with E-state index in [1.807, 2.05) is 31.7 Å². The number of carbonyl (C=O) groups is 2. The molecule has 7 heteroatoms. The number of amides is 2. The number of ether oxygens (including phenoxy) is 2. The number of carbonyl (C=O) groups excluding carboxylic acids is 1. The minimum atomic E-state index is -0.789. The maximum absolute atomic E-state index is 13.4. The smallest absolute Gasteiger partial charge is 0.410 e. The fourth-order valence-electron chi connectivity index (χ4n) is 8.88. The van der Waals surface area contributed by atoms with Crippen molar-refractivity contribution >= 4 is 12.2 Å². The van der Waals surface area contributed by atoms with Gasteiger partial charge in [-0.25, -0.2) is 9.59 Å². The van der Waals surface area contributed by atoms with Gasteiger partial charge in [0.15, 0.2) is 0 Å². The van der Waals surface area contributed by atoms with Gasteiger partial charge in [0.1, 0.15) is 11.4 Å². The summed E-state index contributed by atoms with van der Waals surface area (Å²) in [6.45, 7) is 7.04. The first-order chi connectivity index (χ1) is 15.6. The molecule has 4 bridgehead atoms. The van der Waals surface area contributed by atoms with E-state index in [-0.39, 0.29) is 29.0 Å². The van der Waals surface area contributed by atoms with Gasteiger partial charge < -0.3 is 24.4 Å². The van der Waals surface area contributed by atoms with Crippen LogP contribution in [0, 0.1) is 17.3 Å². The molecular formula is C26H34N2O5. The predicted octanol–water partition coefficient (Wildman–Crippen LogP) is 4.28. The van der Waals surface area contributed by atoms with E-state index in [4.69, 9.17) is 9.47 Å². The number of likely N-dealkylation sites (tertiary alicyclic amines) is 2. The van der Waals surface area contributed by atoms with Crippen molar-refractivity contribution in [3.63, 3.8) is 0 Å². The lowest BCUT2D eigenvalue weighted by molar-refractivity contribution is -0.101. The molecule has 33 heavy (non-hydrogen) atoms. The summed E-state index contributed by atoms with van der Waals surface area (Å²) in [7, 11) is 1.71. The number of nitrogens with zero attached hydrogens (tertiary/aromatic N) is 2. The molecule has 0 unspecified atom stereocenters. The van der Waals surface area contributed by atoms with Crippen LogP contribution in [0.3, 0.4) is 0 Å². The lowest BCUT2D eigenvalue weighted by atomic mass is 9.43. The second-order valence-electron chi connectivity index (χ2n) is 11.8. The monoisotopic (exact) mass is 454 g/mol. The van der Waals surface area contributed by atoms with Gasteiger partial charge >= 0.3 is 12.2 Å². The standard InChI is InChI=1S/C26H34N2O5/c1-24(2,3)33-23(31)27-10-9-26-18-12-17(32-4)6-5-15(18)11-20(27)25(26)8-7-19-21(26)16(13-25)14-28(19)22(29)30/h5-6,12,16,19-21H,7-11,13-14H2,1-4H3,(H,29,30)/t16-,19-,20-,21-,25-,26+/m1/s1. The molecule has 2 saturated carbocycles. The van der Waals surface area contributed by atoms with Crippen LogP contribution in [0.25, 0.3) is 0 Å². The fraction of sp³-hybridized carbons (Fsp3) is 0.692. The number of carboxylic acid groups (broad SMARTS) is 1. The number of piperidine rings is 1. The highest BCUT2D eigenvalue weighted by Gasteiger charge is 2.77. The molecule has 5 aliphatic rings. The Morgan fingerprint density at radius 2 is 1.97 bits per heavy atom. The third kappa shape index (κ3) is 2.56. The Kier molecular flexibility index (Phi) is 4.21. The lowest BCUT2D eigenvalue weighted by Crippen LogP contribution is -2.70. The summed E-state index contributed by atoms with van der Waals surface area (Å²) >= 11 is 0. The van der Waals surface area contributed by atoms with Crippen molar-refractivity contribution in [1.29, 1.82) is 0 Å². The highest BCUT2D eigenvalue weighted by Crippen LogP contribution is 2.75. The van der Waals surface area contributed by atoms with Gasteiger partial charge in [0.25, 0.3) is 0 Å². The third-order valence-electron chi connectivity index (χ3n) is 9.57. The van der Waals surface area contributed by atoms with Crippen molar-refractivity contribution in [2.75, 3.05) is 20.2 Å². The molecule has 1 aromatic rings. The average Bonchev–Trinajstić information content (AvgIpc) is 3.18. The molecule has 0 aromatic heterocycles. The second kappa shape index (κ2) is 6.57. The molecule has 178 valence electrons. The molecule has 0 radical (unpaired) electrons. The van der Waals surface area contributed by atoms with Gasteiger partial charge in [0, 0.05) is 36.0 Å². The molecule has 6 rings (SSSR count). The van der Waals surface area contributed by atoms with Gasteiger partial charge in [-0.3, -0.25) is 0 Å². The lowest BCUT2D eigenvalue weighted by Gasteiger charge is -2.66. The Labute approximate surface area is 195 Å². The highest BCUT2D eigenvalue weighted by molar-refractivity contribution is 5.71. The van der Waals surface area contributed by atoms with Crippen LogP contribution in [0.15, 0.2) is 18.2 Å². The number of rotatable bonds is 1. The largest absolute Gasteiger partial charge is 0.497 e. The molecule has 0 spiro atoms. The Morgan fingerprint density at radius 3 is 2.67 bits per heavy atom. The second-order valence-corrected chi connectivity index (χ2v) is 11.8. The summed E-state index contributed by atoms with van der Waals surface area (Å²) in [5, 5.41) is 9.94. The molecule has 1 N–H and O–H groups in total. The zero-order valence-corrected chi connectivity index (χ0v) is 20.0. The zero-order chi connectivity index (χ0) is 23.3. The van der Waals surface area contributed by atoms with Crippen LogP contribution in [0.2, 0.25) is 0 Å². The predicted molar refractivity (Wildman–Crippen MR) is 122 cm³/mol. The molecule has 2 aliphatic heterocycles. The molecule has 6 atom stereocenters. The average molecular weight is 455 g/mol. The minimum absolute atomic E-state index is 0.0298. The first-order valence-electron chi connectivity index (χ1n) is 12.3. The van der Waals surface area contributed by atoms with Crippen LogP contribution >= 0.6 is 0 Å². The molecule has 7 nitrogen and oxygen atoms in total. The van der Waals surface area contributed by atoms with Crippen LogP contribution in [0.1, 0.15) is 57.6 Å². The Hall–Kier alpha value is -2.44. The number of hydrogen-bond donors (Lipinski definition) is 1. The van der Waals surface area contributed by atoms with Crippen LogP contribution in [-0.4, -0.2) is 65.0 Å². The van der Waals surface area contributed by atoms with E-state index in [2.05, 4.69) is 12.1 Å². The van der Waals surface area contributed by atoms with E-state index >= 15 is 0 Å². The SMILES string of the molecule is COc1ccc2c(c1)[C@]13CCN(C(=O)OC(C)(C)C)[C@H](C2)[C@]12CC[C@@H]1[C@H]3[C@@H](CN1C(=O)O)C2.